The Labute approximate surface area is 122 Å². The molecule has 0 aliphatic heterocycles. The lowest BCUT2D eigenvalue weighted by Gasteiger charge is -2.21. The number of halogens is 1. The Morgan fingerprint density at radius 1 is 1.37 bits per heavy atom. The maximum atomic E-state index is 12.4. The normalized spacial score (nSPS) is 28.6. The molecule has 0 heterocycles. The SMILES string of the molecule is COc1ccc(C(=O)CC2CC3CCC2C3)c(Br)c1. The van der Waals surface area contributed by atoms with Crippen LogP contribution in [-0.4, -0.2) is 12.9 Å². The van der Waals surface area contributed by atoms with Crippen LogP contribution in [-0.2, 0) is 0 Å². The van der Waals surface area contributed by atoms with Gasteiger partial charge in [-0.3, -0.25) is 4.79 Å². The average Bonchev–Trinajstić information content (AvgIpc) is 3.00. The van der Waals surface area contributed by atoms with Gasteiger partial charge in [0.05, 0.1) is 7.11 Å². The van der Waals surface area contributed by atoms with Gasteiger partial charge in [-0.15, -0.1) is 0 Å². The minimum atomic E-state index is 0.270. The number of hydrogen-bond acceptors (Lipinski definition) is 2. The number of ketones is 1. The molecule has 2 bridgehead atoms. The van der Waals surface area contributed by atoms with Crippen LogP contribution < -0.4 is 4.74 Å². The van der Waals surface area contributed by atoms with E-state index in [0.29, 0.717) is 12.3 Å². The molecule has 1 aromatic rings. The number of hydrogen-bond donors (Lipinski definition) is 0. The molecule has 2 fully saturated rings. The van der Waals surface area contributed by atoms with Gasteiger partial charge in [-0.05, 0) is 71.1 Å². The summed E-state index contributed by atoms with van der Waals surface area (Å²) in [6, 6.07) is 5.60. The molecular weight excluding hydrogens is 304 g/mol. The van der Waals surface area contributed by atoms with E-state index in [0.717, 1.165) is 27.6 Å². The number of ether oxygens (including phenoxy) is 1. The topological polar surface area (TPSA) is 26.3 Å². The molecule has 0 amide bonds. The standard InChI is InChI=1S/C16H19BrO2/c1-19-13-4-5-14(15(17)9-13)16(18)8-12-7-10-2-3-11(12)6-10/h4-5,9-12H,2-3,6-8H2,1H3. The third kappa shape index (κ3) is 2.58. The number of Topliss-reactive ketones (excluding diaryl/α,β-unsaturated/α-hetero) is 1. The van der Waals surface area contributed by atoms with Crippen molar-refractivity contribution in [2.75, 3.05) is 7.11 Å². The van der Waals surface area contributed by atoms with Crippen LogP contribution in [0.3, 0.4) is 0 Å². The highest BCUT2D eigenvalue weighted by Gasteiger charge is 2.40. The second-order valence-electron chi connectivity index (χ2n) is 5.91. The third-order valence-corrected chi connectivity index (χ3v) is 5.46. The van der Waals surface area contributed by atoms with Gasteiger partial charge >= 0.3 is 0 Å². The van der Waals surface area contributed by atoms with E-state index >= 15 is 0 Å². The summed E-state index contributed by atoms with van der Waals surface area (Å²) < 4.78 is 6.01. The van der Waals surface area contributed by atoms with Crippen LogP contribution >= 0.6 is 15.9 Å². The molecule has 0 spiro atoms. The fourth-order valence-electron chi connectivity index (χ4n) is 3.82. The molecule has 0 radical (unpaired) electrons. The molecule has 3 rings (SSSR count). The Morgan fingerprint density at radius 3 is 2.79 bits per heavy atom. The summed E-state index contributed by atoms with van der Waals surface area (Å²) >= 11 is 3.48. The summed E-state index contributed by atoms with van der Waals surface area (Å²) in [6.45, 7) is 0. The van der Waals surface area contributed by atoms with Gasteiger partial charge in [-0.2, -0.15) is 0 Å². The van der Waals surface area contributed by atoms with Gasteiger partial charge in [-0.25, -0.2) is 0 Å². The second kappa shape index (κ2) is 5.28. The molecule has 2 aliphatic carbocycles. The number of benzene rings is 1. The number of rotatable bonds is 4. The van der Waals surface area contributed by atoms with E-state index in [2.05, 4.69) is 15.9 Å². The van der Waals surface area contributed by atoms with E-state index in [-0.39, 0.29) is 5.78 Å². The van der Waals surface area contributed by atoms with Crippen LogP contribution in [0, 0.1) is 17.8 Å². The Kier molecular flexibility index (Phi) is 3.66. The Bertz CT molecular complexity index is 498. The van der Waals surface area contributed by atoms with Crippen molar-refractivity contribution in [3.8, 4) is 5.75 Å². The lowest BCUT2D eigenvalue weighted by molar-refractivity contribution is 0.0943. The maximum Gasteiger partial charge on any atom is 0.164 e. The predicted molar refractivity (Wildman–Crippen MR) is 78.6 cm³/mol. The van der Waals surface area contributed by atoms with E-state index in [4.69, 9.17) is 4.74 Å². The molecule has 1 aromatic carbocycles. The summed E-state index contributed by atoms with van der Waals surface area (Å²) in [6.07, 6.45) is 6.08. The van der Waals surface area contributed by atoms with Crippen LogP contribution in [0.15, 0.2) is 22.7 Å². The van der Waals surface area contributed by atoms with Gasteiger partial charge < -0.3 is 4.74 Å². The van der Waals surface area contributed by atoms with Crippen LogP contribution in [0.2, 0.25) is 0 Å². The molecule has 3 atom stereocenters. The number of methoxy groups -OCH3 is 1. The van der Waals surface area contributed by atoms with Crippen molar-refractivity contribution in [1.82, 2.24) is 0 Å². The highest BCUT2D eigenvalue weighted by atomic mass is 79.9. The molecular formula is C16H19BrO2. The first-order chi connectivity index (χ1) is 9.17. The summed E-state index contributed by atoms with van der Waals surface area (Å²) in [5.74, 6) is 3.39. The molecule has 0 N–H and O–H groups in total. The first-order valence-corrected chi connectivity index (χ1v) is 7.83. The fourth-order valence-corrected chi connectivity index (χ4v) is 4.40. The van der Waals surface area contributed by atoms with Gasteiger partial charge in [-0.1, -0.05) is 6.42 Å². The van der Waals surface area contributed by atoms with Crippen LogP contribution in [0.5, 0.6) is 5.75 Å². The van der Waals surface area contributed by atoms with E-state index in [1.54, 1.807) is 7.11 Å². The maximum absolute atomic E-state index is 12.4. The fraction of sp³-hybridized carbons (Fsp3) is 0.562. The number of carbonyl (C=O) groups excluding carboxylic acids is 1. The summed E-state index contributed by atoms with van der Waals surface area (Å²) in [4.78, 5) is 12.4. The zero-order valence-corrected chi connectivity index (χ0v) is 12.8. The van der Waals surface area contributed by atoms with Gasteiger partial charge in [0.1, 0.15) is 5.75 Å². The quantitative estimate of drug-likeness (QED) is 0.764. The third-order valence-electron chi connectivity index (χ3n) is 4.81. The number of fused-ring (bicyclic) bond motifs is 2. The molecule has 2 saturated carbocycles. The van der Waals surface area contributed by atoms with Crippen LogP contribution in [0.25, 0.3) is 0 Å². The van der Waals surface area contributed by atoms with Gasteiger partial charge in [0.25, 0.3) is 0 Å². The van der Waals surface area contributed by atoms with Crippen molar-refractivity contribution in [2.24, 2.45) is 17.8 Å². The van der Waals surface area contributed by atoms with E-state index < -0.39 is 0 Å². The summed E-state index contributed by atoms with van der Waals surface area (Å²) in [7, 11) is 1.64. The van der Waals surface area contributed by atoms with E-state index in [1.165, 1.54) is 25.7 Å². The van der Waals surface area contributed by atoms with Crippen molar-refractivity contribution >= 4 is 21.7 Å². The molecule has 3 heteroatoms. The van der Waals surface area contributed by atoms with Crippen molar-refractivity contribution < 1.29 is 9.53 Å². The highest BCUT2D eigenvalue weighted by Crippen LogP contribution is 2.49. The monoisotopic (exact) mass is 322 g/mol. The van der Waals surface area contributed by atoms with Gasteiger partial charge in [0.15, 0.2) is 5.78 Å². The lowest BCUT2D eigenvalue weighted by Crippen LogP contribution is -2.15. The minimum Gasteiger partial charge on any atom is -0.497 e. The zero-order valence-electron chi connectivity index (χ0n) is 11.2. The van der Waals surface area contributed by atoms with Gasteiger partial charge in [0, 0.05) is 16.5 Å². The summed E-state index contributed by atoms with van der Waals surface area (Å²) in [5.41, 5.74) is 0.795. The Balaban J connectivity index is 1.70. The molecule has 0 saturated heterocycles. The van der Waals surface area contributed by atoms with Crippen molar-refractivity contribution in [3.63, 3.8) is 0 Å². The minimum absolute atomic E-state index is 0.270. The smallest absolute Gasteiger partial charge is 0.164 e. The predicted octanol–water partition coefficient (Wildman–Crippen LogP) is 4.47. The van der Waals surface area contributed by atoms with E-state index in [9.17, 15) is 4.79 Å². The van der Waals surface area contributed by atoms with Crippen molar-refractivity contribution in [2.45, 2.75) is 32.1 Å². The van der Waals surface area contributed by atoms with Crippen LogP contribution in [0.4, 0.5) is 0 Å². The molecule has 0 aromatic heterocycles. The van der Waals surface area contributed by atoms with Crippen LogP contribution in [0.1, 0.15) is 42.5 Å². The first kappa shape index (κ1) is 13.2. The molecule has 2 nitrogen and oxygen atoms in total. The van der Waals surface area contributed by atoms with Crippen molar-refractivity contribution in [3.05, 3.63) is 28.2 Å². The molecule has 2 aliphatic rings. The lowest BCUT2D eigenvalue weighted by atomic mass is 9.84. The molecule has 19 heavy (non-hydrogen) atoms. The Morgan fingerprint density at radius 2 is 2.21 bits per heavy atom. The molecule has 3 unspecified atom stereocenters. The second-order valence-corrected chi connectivity index (χ2v) is 6.76. The number of carbonyl (C=O) groups is 1. The zero-order chi connectivity index (χ0) is 13.4. The highest BCUT2D eigenvalue weighted by molar-refractivity contribution is 9.10. The summed E-state index contributed by atoms with van der Waals surface area (Å²) in [5, 5.41) is 0. The van der Waals surface area contributed by atoms with Gasteiger partial charge in [0.2, 0.25) is 0 Å². The first-order valence-electron chi connectivity index (χ1n) is 7.04. The van der Waals surface area contributed by atoms with E-state index in [1.807, 2.05) is 18.2 Å². The van der Waals surface area contributed by atoms with Crippen molar-refractivity contribution in [1.29, 1.82) is 0 Å². The molecule has 102 valence electrons. The average molecular weight is 323 g/mol. The Hall–Kier alpha value is -0.830. The largest absolute Gasteiger partial charge is 0.497 e.